The van der Waals surface area contributed by atoms with Crippen molar-refractivity contribution in [3.8, 4) is 5.75 Å². The zero-order chi connectivity index (χ0) is 25.3. The standard InChI is InChI=1S/C24H18N2O6S3/c1-15-4-3-5-18(12-15)25-23(27)22(34-24(25)33)13-17-7-9-19(10-8-17)32-35(30,31)20-11-6-16(2)21(14-20)26(28)29/h3-14H,1-2H3/b22-13+. The molecule has 0 atom stereocenters. The number of thiocarbonyl (C=S) groups is 1. The Hall–Kier alpha value is -3.54. The van der Waals surface area contributed by atoms with Crippen LogP contribution in [0.4, 0.5) is 11.4 Å². The number of nitro groups is 1. The quantitative estimate of drug-likeness (QED) is 0.138. The number of nitro benzene ring substituents is 1. The van der Waals surface area contributed by atoms with E-state index in [9.17, 15) is 23.3 Å². The molecule has 0 bridgehead atoms. The summed E-state index contributed by atoms with van der Waals surface area (Å²) < 4.78 is 30.8. The molecule has 0 spiro atoms. The molecule has 0 N–H and O–H groups in total. The van der Waals surface area contributed by atoms with E-state index in [1.165, 1.54) is 47.9 Å². The largest absolute Gasteiger partial charge is 0.379 e. The average molecular weight is 527 g/mol. The Labute approximate surface area is 211 Å². The highest BCUT2D eigenvalue weighted by Gasteiger charge is 2.33. The number of thioether (sulfide) groups is 1. The molecule has 1 heterocycles. The fraction of sp³-hybridized carbons (Fsp3) is 0.0833. The third-order valence-corrected chi connectivity index (χ3v) is 7.65. The normalized spacial score (nSPS) is 15.0. The number of benzene rings is 3. The van der Waals surface area contributed by atoms with Crippen LogP contribution < -0.4 is 9.08 Å². The summed E-state index contributed by atoms with van der Waals surface area (Å²) in [6.07, 6.45) is 1.66. The van der Waals surface area contributed by atoms with E-state index >= 15 is 0 Å². The third-order valence-electron chi connectivity index (χ3n) is 5.10. The first-order valence-corrected chi connectivity index (χ1v) is 12.8. The highest BCUT2D eigenvalue weighted by atomic mass is 32.2. The highest BCUT2D eigenvalue weighted by Crippen LogP contribution is 2.36. The summed E-state index contributed by atoms with van der Waals surface area (Å²) >= 11 is 6.57. The van der Waals surface area contributed by atoms with Gasteiger partial charge in [-0.3, -0.25) is 19.8 Å². The molecule has 1 fully saturated rings. The Kier molecular flexibility index (Phi) is 6.75. The monoisotopic (exact) mass is 526 g/mol. The van der Waals surface area contributed by atoms with Crippen LogP contribution in [0.2, 0.25) is 0 Å². The van der Waals surface area contributed by atoms with Gasteiger partial charge in [0.25, 0.3) is 11.6 Å². The number of nitrogens with zero attached hydrogens (tertiary/aromatic N) is 2. The highest BCUT2D eigenvalue weighted by molar-refractivity contribution is 8.27. The lowest BCUT2D eigenvalue weighted by Crippen LogP contribution is -2.27. The van der Waals surface area contributed by atoms with Gasteiger partial charge in [-0.2, -0.15) is 8.42 Å². The second-order valence-electron chi connectivity index (χ2n) is 7.67. The van der Waals surface area contributed by atoms with Crippen LogP contribution in [-0.4, -0.2) is 23.6 Å². The van der Waals surface area contributed by atoms with Crippen LogP contribution in [0.1, 0.15) is 16.7 Å². The van der Waals surface area contributed by atoms with Crippen molar-refractivity contribution in [1.29, 1.82) is 0 Å². The van der Waals surface area contributed by atoms with Gasteiger partial charge in [0.2, 0.25) is 0 Å². The van der Waals surface area contributed by atoms with Crippen molar-refractivity contribution in [2.45, 2.75) is 18.7 Å². The van der Waals surface area contributed by atoms with Crippen LogP contribution in [0.15, 0.2) is 76.5 Å². The molecular formula is C24H18N2O6S3. The van der Waals surface area contributed by atoms with E-state index in [1.54, 1.807) is 18.2 Å². The van der Waals surface area contributed by atoms with E-state index in [1.807, 2.05) is 31.2 Å². The molecule has 4 rings (SSSR count). The summed E-state index contributed by atoms with van der Waals surface area (Å²) in [7, 11) is -4.28. The van der Waals surface area contributed by atoms with Gasteiger partial charge in [-0.25, -0.2) is 0 Å². The van der Waals surface area contributed by atoms with Gasteiger partial charge in [0.1, 0.15) is 10.6 Å². The van der Waals surface area contributed by atoms with E-state index in [0.29, 0.717) is 26.0 Å². The molecule has 1 amide bonds. The lowest BCUT2D eigenvalue weighted by molar-refractivity contribution is -0.385. The van der Waals surface area contributed by atoms with Gasteiger partial charge in [0.15, 0.2) is 4.32 Å². The minimum atomic E-state index is -4.28. The minimum Gasteiger partial charge on any atom is -0.379 e. The lowest BCUT2D eigenvalue weighted by atomic mass is 10.2. The second kappa shape index (κ2) is 9.61. The first-order valence-electron chi connectivity index (χ1n) is 10.2. The van der Waals surface area contributed by atoms with Crippen molar-refractivity contribution in [1.82, 2.24) is 0 Å². The first-order chi connectivity index (χ1) is 16.5. The number of aryl methyl sites for hydroxylation is 2. The van der Waals surface area contributed by atoms with Crippen LogP contribution in [0, 0.1) is 24.0 Å². The molecule has 0 aliphatic carbocycles. The molecule has 1 saturated heterocycles. The van der Waals surface area contributed by atoms with Gasteiger partial charge in [0.05, 0.1) is 15.5 Å². The maximum atomic E-state index is 12.9. The van der Waals surface area contributed by atoms with Gasteiger partial charge >= 0.3 is 10.1 Å². The minimum absolute atomic E-state index is 0.0256. The summed E-state index contributed by atoms with van der Waals surface area (Å²) in [5.41, 5.74) is 2.37. The second-order valence-corrected chi connectivity index (χ2v) is 10.9. The molecular weight excluding hydrogens is 508 g/mol. The number of hydrogen-bond donors (Lipinski definition) is 0. The van der Waals surface area contributed by atoms with Crippen molar-refractivity contribution in [3.05, 3.63) is 98.4 Å². The van der Waals surface area contributed by atoms with Gasteiger partial charge in [0, 0.05) is 11.6 Å². The predicted octanol–water partition coefficient (Wildman–Crippen LogP) is 5.39. The van der Waals surface area contributed by atoms with Crippen molar-refractivity contribution in [2.75, 3.05) is 4.90 Å². The van der Waals surface area contributed by atoms with Crippen LogP contribution in [0.3, 0.4) is 0 Å². The molecule has 35 heavy (non-hydrogen) atoms. The van der Waals surface area contributed by atoms with Crippen LogP contribution in [-0.2, 0) is 14.9 Å². The molecule has 1 aliphatic rings. The van der Waals surface area contributed by atoms with E-state index < -0.39 is 15.0 Å². The van der Waals surface area contributed by atoms with Gasteiger partial charge in [-0.1, -0.05) is 54.3 Å². The first kappa shape index (κ1) is 24.6. The molecule has 0 unspecified atom stereocenters. The predicted molar refractivity (Wildman–Crippen MR) is 139 cm³/mol. The van der Waals surface area contributed by atoms with E-state index in [2.05, 4.69) is 0 Å². The number of amides is 1. The molecule has 0 aromatic heterocycles. The van der Waals surface area contributed by atoms with E-state index in [-0.39, 0.29) is 22.2 Å². The Morgan fingerprint density at radius 1 is 1.06 bits per heavy atom. The summed E-state index contributed by atoms with van der Waals surface area (Å²) in [4.78, 5) is 25.0. The van der Waals surface area contributed by atoms with E-state index in [0.717, 1.165) is 11.6 Å². The molecule has 0 saturated carbocycles. The van der Waals surface area contributed by atoms with Gasteiger partial charge < -0.3 is 4.18 Å². The lowest BCUT2D eigenvalue weighted by Gasteiger charge is -2.14. The zero-order valence-electron chi connectivity index (χ0n) is 18.5. The number of rotatable bonds is 6. The number of carbonyl (C=O) groups is 1. The van der Waals surface area contributed by atoms with Crippen LogP contribution in [0.25, 0.3) is 6.08 Å². The Morgan fingerprint density at radius 2 is 1.77 bits per heavy atom. The van der Waals surface area contributed by atoms with Crippen molar-refractivity contribution < 1.29 is 22.3 Å². The molecule has 178 valence electrons. The van der Waals surface area contributed by atoms with Crippen molar-refractivity contribution in [2.24, 2.45) is 0 Å². The number of carbonyl (C=O) groups excluding carboxylic acids is 1. The SMILES string of the molecule is Cc1cccc(N2C(=O)/C(=C\c3ccc(OS(=O)(=O)c4ccc(C)c([N+](=O)[O-])c4)cc3)SC2=S)c1. The van der Waals surface area contributed by atoms with Gasteiger partial charge in [-0.05, 0) is 61.4 Å². The Balaban J connectivity index is 1.52. The van der Waals surface area contributed by atoms with Crippen molar-refractivity contribution in [3.63, 3.8) is 0 Å². The molecule has 3 aromatic carbocycles. The van der Waals surface area contributed by atoms with Gasteiger partial charge in [-0.15, -0.1) is 0 Å². The summed E-state index contributed by atoms with van der Waals surface area (Å²) in [6.45, 7) is 3.45. The molecule has 11 heteroatoms. The zero-order valence-corrected chi connectivity index (χ0v) is 20.9. The summed E-state index contributed by atoms with van der Waals surface area (Å²) in [5.74, 6) is -0.216. The average Bonchev–Trinajstić information content (AvgIpc) is 3.07. The maximum absolute atomic E-state index is 12.9. The van der Waals surface area contributed by atoms with Crippen LogP contribution >= 0.6 is 24.0 Å². The molecule has 8 nitrogen and oxygen atoms in total. The Morgan fingerprint density at radius 3 is 2.43 bits per heavy atom. The molecule has 1 aliphatic heterocycles. The fourth-order valence-corrected chi connectivity index (χ4v) is 5.59. The third kappa shape index (κ3) is 5.26. The maximum Gasteiger partial charge on any atom is 0.339 e. The Bertz CT molecular complexity index is 1500. The van der Waals surface area contributed by atoms with E-state index in [4.69, 9.17) is 16.4 Å². The summed E-state index contributed by atoms with van der Waals surface area (Å²) in [6, 6.07) is 17.1. The number of anilines is 1. The molecule has 0 radical (unpaired) electrons. The smallest absolute Gasteiger partial charge is 0.339 e. The fourth-order valence-electron chi connectivity index (χ4n) is 3.34. The van der Waals surface area contributed by atoms with Crippen molar-refractivity contribution >= 4 is 61.8 Å². The number of hydrogen-bond acceptors (Lipinski definition) is 8. The topological polar surface area (TPSA) is 107 Å². The van der Waals surface area contributed by atoms with Crippen LogP contribution in [0.5, 0.6) is 5.75 Å². The summed E-state index contributed by atoms with van der Waals surface area (Å²) in [5, 5.41) is 11.1. The molecule has 3 aromatic rings.